The number of hydrogen-bond acceptors (Lipinski definition) is 4. The average Bonchev–Trinajstić information content (AvgIpc) is 2.25. The van der Waals surface area contributed by atoms with Gasteiger partial charge in [0, 0.05) is 19.6 Å². The molecule has 90 valence electrons. The molecule has 0 aliphatic carbocycles. The molecule has 0 bridgehead atoms. The summed E-state index contributed by atoms with van der Waals surface area (Å²) in [6, 6.07) is 0. The fourth-order valence-corrected chi connectivity index (χ4v) is 3.54. The molecule has 8 nitrogen and oxygen atoms in total. The van der Waals surface area contributed by atoms with Gasteiger partial charge in [-0.3, -0.25) is 0 Å². The lowest BCUT2D eigenvalue weighted by atomic mass is 10.4. The van der Waals surface area contributed by atoms with E-state index in [1.807, 2.05) is 0 Å². The Bertz CT molecular complexity index is 296. The smallest absolute Gasteiger partial charge is 0.315 e. The zero-order valence-corrected chi connectivity index (χ0v) is 9.73. The van der Waals surface area contributed by atoms with Gasteiger partial charge >= 0.3 is 15.6 Å². The second-order valence-corrected chi connectivity index (χ2v) is 6.30. The lowest BCUT2D eigenvalue weighted by Gasteiger charge is -2.24. The van der Waals surface area contributed by atoms with Gasteiger partial charge in [0.2, 0.25) is 0 Å². The van der Waals surface area contributed by atoms with E-state index in [9.17, 15) is 14.0 Å². The third-order valence-electron chi connectivity index (χ3n) is 1.89. The van der Waals surface area contributed by atoms with Crippen LogP contribution in [0.15, 0.2) is 0 Å². The predicted molar refractivity (Wildman–Crippen MR) is 52.0 cm³/mol. The molecule has 1 aliphatic rings. The first-order valence-corrected chi connectivity index (χ1v) is 7.43. The van der Waals surface area contributed by atoms with Crippen LogP contribution in [0.2, 0.25) is 0 Å². The van der Waals surface area contributed by atoms with Crippen LogP contribution in [0.4, 0.5) is 0 Å². The second-order valence-electron chi connectivity index (χ2n) is 3.12. The third-order valence-corrected chi connectivity index (χ3v) is 4.70. The maximum atomic E-state index is 11.5. The van der Waals surface area contributed by atoms with E-state index >= 15 is 0 Å². The highest BCUT2D eigenvalue weighted by atomic mass is 31.3. The Morgan fingerprint density at radius 2 is 1.80 bits per heavy atom. The highest BCUT2D eigenvalue weighted by molar-refractivity contribution is 7.62. The molecule has 1 atom stereocenters. The summed E-state index contributed by atoms with van der Waals surface area (Å²) in [5.41, 5.74) is 0. The summed E-state index contributed by atoms with van der Waals surface area (Å²) < 4.78 is 26.9. The zero-order valence-electron chi connectivity index (χ0n) is 7.94. The van der Waals surface area contributed by atoms with Gasteiger partial charge in [0.15, 0.2) is 0 Å². The SMILES string of the molecule is O=P(O)(O)OP(=O)(O)N1CCCNCC1. The molecule has 1 aliphatic heterocycles. The zero-order chi connectivity index (χ0) is 11.5. The Morgan fingerprint density at radius 1 is 1.13 bits per heavy atom. The molecule has 1 unspecified atom stereocenters. The third kappa shape index (κ3) is 4.72. The number of nitrogens with zero attached hydrogens (tertiary/aromatic N) is 1. The predicted octanol–water partition coefficient (Wildman–Crippen LogP) is -0.509. The number of rotatable bonds is 3. The molecule has 0 amide bonds. The Kier molecular flexibility index (Phi) is 4.46. The average molecular weight is 260 g/mol. The van der Waals surface area contributed by atoms with Gasteiger partial charge in [0.25, 0.3) is 0 Å². The summed E-state index contributed by atoms with van der Waals surface area (Å²) in [4.78, 5) is 26.3. The van der Waals surface area contributed by atoms with Gasteiger partial charge < -0.3 is 20.0 Å². The molecular formula is C5H14N2O6P2. The first-order chi connectivity index (χ1) is 6.81. The van der Waals surface area contributed by atoms with Crippen LogP contribution in [0.1, 0.15) is 6.42 Å². The van der Waals surface area contributed by atoms with Gasteiger partial charge in [0.05, 0.1) is 0 Å². The van der Waals surface area contributed by atoms with Gasteiger partial charge in [-0.25, -0.2) is 13.8 Å². The van der Waals surface area contributed by atoms with Crippen LogP contribution in [-0.2, 0) is 13.4 Å². The van der Waals surface area contributed by atoms with E-state index in [1.165, 1.54) is 0 Å². The highest BCUT2D eigenvalue weighted by Gasteiger charge is 2.37. The standard InChI is InChI=1S/C5H14N2O6P2/c8-14(9,13-15(10,11)12)7-4-1-2-6-3-5-7/h6H,1-5H2,(H,8,9)(H2,10,11,12). The molecule has 0 radical (unpaired) electrons. The first kappa shape index (κ1) is 13.3. The summed E-state index contributed by atoms with van der Waals surface area (Å²) >= 11 is 0. The van der Waals surface area contributed by atoms with E-state index in [0.717, 1.165) is 4.67 Å². The van der Waals surface area contributed by atoms with Gasteiger partial charge in [-0.15, -0.1) is 0 Å². The normalized spacial score (nSPS) is 24.5. The van der Waals surface area contributed by atoms with Gasteiger partial charge in [0.1, 0.15) is 0 Å². The Hall–Kier alpha value is 0.220. The number of hydrogen-bond donors (Lipinski definition) is 4. The minimum atomic E-state index is -4.94. The summed E-state index contributed by atoms with van der Waals surface area (Å²) in [6.45, 7) is 1.66. The van der Waals surface area contributed by atoms with Crippen LogP contribution in [0.3, 0.4) is 0 Å². The summed E-state index contributed by atoms with van der Waals surface area (Å²) in [5, 5.41) is 2.99. The van der Waals surface area contributed by atoms with Gasteiger partial charge in [-0.1, -0.05) is 0 Å². The number of nitrogens with one attached hydrogen (secondary N) is 1. The lowest BCUT2D eigenvalue weighted by molar-refractivity contribution is 0.228. The molecule has 1 heterocycles. The molecule has 1 rings (SSSR count). The van der Waals surface area contributed by atoms with Gasteiger partial charge in [-0.2, -0.15) is 4.31 Å². The molecule has 15 heavy (non-hydrogen) atoms. The van der Waals surface area contributed by atoms with Crippen molar-refractivity contribution >= 4 is 15.6 Å². The molecule has 0 aromatic rings. The molecule has 0 spiro atoms. The molecule has 1 fully saturated rings. The second kappa shape index (κ2) is 5.03. The van der Waals surface area contributed by atoms with Gasteiger partial charge in [-0.05, 0) is 13.0 Å². The molecule has 1 saturated heterocycles. The van der Waals surface area contributed by atoms with Crippen molar-refractivity contribution in [2.75, 3.05) is 26.2 Å². The van der Waals surface area contributed by atoms with Crippen LogP contribution in [0.5, 0.6) is 0 Å². The van der Waals surface area contributed by atoms with Crippen LogP contribution < -0.4 is 5.32 Å². The molecule has 0 aromatic carbocycles. The first-order valence-electron chi connectivity index (χ1n) is 4.37. The van der Waals surface area contributed by atoms with Crippen molar-refractivity contribution in [1.29, 1.82) is 0 Å². The number of phosphoric acid groups is 1. The molecule has 10 heteroatoms. The molecule has 0 saturated carbocycles. The summed E-state index contributed by atoms with van der Waals surface area (Å²) in [6.07, 6.45) is 0.620. The quantitative estimate of drug-likeness (QED) is 0.501. The lowest BCUT2D eigenvalue weighted by Crippen LogP contribution is -2.26. The van der Waals surface area contributed by atoms with Crippen LogP contribution in [0.25, 0.3) is 0 Å². The summed E-state index contributed by atoms with van der Waals surface area (Å²) in [7, 11) is -9.33. The van der Waals surface area contributed by atoms with Crippen molar-refractivity contribution < 1.29 is 28.1 Å². The highest BCUT2D eigenvalue weighted by Crippen LogP contribution is 2.58. The van der Waals surface area contributed by atoms with E-state index in [-0.39, 0.29) is 13.1 Å². The van der Waals surface area contributed by atoms with Crippen LogP contribution in [0, 0.1) is 0 Å². The van der Waals surface area contributed by atoms with Crippen LogP contribution in [-0.4, -0.2) is 45.5 Å². The maximum Gasteiger partial charge on any atom is 0.477 e. The van der Waals surface area contributed by atoms with Crippen molar-refractivity contribution in [1.82, 2.24) is 9.99 Å². The monoisotopic (exact) mass is 260 g/mol. The van der Waals surface area contributed by atoms with Crippen molar-refractivity contribution in [2.24, 2.45) is 0 Å². The fraction of sp³-hybridized carbons (Fsp3) is 1.00. The topological polar surface area (TPSA) is 119 Å². The van der Waals surface area contributed by atoms with Crippen molar-refractivity contribution in [3.05, 3.63) is 0 Å². The molecular weight excluding hydrogens is 246 g/mol. The minimum absolute atomic E-state index is 0.216. The molecule has 4 N–H and O–H groups in total. The van der Waals surface area contributed by atoms with E-state index in [0.29, 0.717) is 19.5 Å². The Labute approximate surface area is 87.1 Å². The summed E-state index contributed by atoms with van der Waals surface area (Å²) in [5.74, 6) is 0. The van der Waals surface area contributed by atoms with Crippen molar-refractivity contribution in [2.45, 2.75) is 6.42 Å². The van der Waals surface area contributed by atoms with E-state index < -0.39 is 15.6 Å². The Balaban J connectivity index is 2.66. The van der Waals surface area contributed by atoms with E-state index in [4.69, 9.17) is 9.79 Å². The van der Waals surface area contributed by atoms with E-state index in [2.05, 4.69) is 9.63 Å². The minimum Gasteiger partial charge on any atom is -0.315 e. The maximum absolute atomic E-state index is 11.5. The largest absolute Gasteiger partial charge is 0.477 e. The van der Waals surface area contributed by atoms with E-state index in [1.54, 1.807) is 0 Å². The van der Waals surface area contributed by atoms with Crippen molar-refractivity contribution in [3.63, 3.8) is 0 Å². The van der Waals surface area contributed by atoms with Crippen molar-refractivity contribution in [3.8, 4) is 0 Å². The van der Waals surface area contributed by atoms with Crippen LogP contribution >= 0.6 is 15.6 Å². The Morgan fingerprint density at radius 3 is 2.40 bits per heavy atom. The fourth-order valence-electron chi connectivity index (χ4n) is 1.27. The molecule has 0 aromatic heterocycles.